The third kappa shape index (κ3) is 4.20. The van der Waals surface area contributed by atoms with Crippen molar-refractivity contribution >= 4 is 27.3 Å². The van der Waals surface area contributed by atoms with Gasteiger partial charge in [-0.2, -0.15) is 0 Å². The van der Waals surface area contributed by atoms with E-state index < -0.39 is 10.0 Å². The number of benzene rings is 1. The highest BCUT2D eigenvalue weighted by molar-refractivity contribution is 7.89. The number of hydrogen-bond donors (Lipinski definition) is 2. The Labute approximate surface area is 167 Å². The van der Waals surface area contributed by atoms with E-state index in [1.807, 2.05) is 25.3 Å². The molecule has 2 N–H and O–H groups in total. The summed E-state index contributed by atoms with van der Waals surface area (Å²) in [5.74, 6) is 0.137. The molecule has 3 aromatic heterocycles. The van der Waals surface area contributed by atoms with Crippen LogP contribution in [0.3, 0.4) is 0 Å². The molecule has 1 amide bonds. The van der Waals surface area contributed by atoms with Crippen LogP contribution < -0.4 is 10.0 Å². The van der Waals surface area contributed by atoms with Crippen molar-refractivity contribution in [2.24, 2.45) is 0 Å². The fourth-order valence-corrected chi connectivity index (χ4v) is 3.76. The number of hydrogen-bond acceptors (Lipinski definition) is 5. The molecule has 1 aromatic carbocycles. The van der Waals surface area contributed by atoms with Gasteiger partial charge in [-0.25, -0.2) is 18.1 Å². The number of carbonyl (C=O) groups excluding carboxylic acids is 1. The zero-order valence-electron chi connectivity index (χ0n) is 15.5. The normalized spacial score (nSPS) is 11.6. The van der Waals surface area contributed by atoms with Gasteiger partial charge in [-0.15, -0.1) is 0 Å². The summed E-state index contributed by atoms with van der Waals surface area (Å²) in [6.45, 7) is 2.01. The van der Waals surface area contributed by atoms with Crippen LogP contribution in [0.2, 0.25) is 0 Å². The second-order valence-corrected chi connectivity index (χ2v) is 8.25. The summed E-state index contributed by atoms with van der Waals surface area (Å²) >= 11 is 0. The molecule has 3 heterocycles. The largest absolute Gasteiger partial charge is 0.468 e. The van der Waals surface area contributed by atoms with Gasteiger partial charge in [0.2, 0.25) is 10.0 Å². The first kappa shape index (κ1) is 18.9. The van der Waals surface area contributed by atoms with E-state index in [1.165, 1.54) is 30.5 Å². The topological polar surface area (TPSA) is 106 Å². The van der Waals surface area contributed by atoms with Crippen molar-refractivity contribution in [2.45, 2.75) is 18.4 Å². The van der Waals surface area contributed by atoms with E-state index in [0.717, 1.165) is 5.56 Å². The second-order valence-electron chi connectivity index (χ2n) is 6.48. The Hall–Kier alpha value is -3.43. The first-order valence-electron chi connectivity index (χ1n) is 8.79. The Kier molecular flexibility index (Phi) is 4.91. The van der Waals surface area contributed by atoms with Gasteiger partial charge in [-0.05, 0) is 61.0 Å². The summed E-state index contributed by atoms with van der Waals surface area (Å²) in [4.78, 5) is 16.9. The van der Waals surface area contributed by atoms with Crippen molar-refractivity contribution in [1.82, 2.24) is 14.1 Å². The van der Waals surface area contributed by atoms with E-state index in [-0.39, 0.29) is 23.0 Å². The fraction of sp³-hybridized carbons (Fsp3) is 0.100. The third-order valence-corrected chi connectivity index (χ3v) is 5.70. The average Bonchev–Trinajstić information content (AvgIpc) is 3.36. The van der Waals surface area contributed by atoms with Crippen LogP contribution in [0.1, 0.15) is 21.8 Å². The predicted molar refractivity (Wildman–Crippen MR) is 107 cm³/mol. The number of imidazole rings is 1. The quantitative estimate of drug-likeness (QED) is 0.508. The maximum atomic E-state index is 12.5. The van der Waals surface area contributed by atoms with Gasteiger partial charge in [0.15, 0.2) is 0 Å². The lowest BCUT2D eigenvalue weighted by Crippen LogP contribution is -2.23. The highest BCUT2D eigenvalue weighted by Crippen LogP contribution is 2.16. The van der Waals surface area contributed by atoms with Crippen LogP contribution in [-0.2, 0) is 16.6 Å². The van der Waals surface area contributed by atoms with Crippen LogP contribution in [0.4, 0.5) is 5.69 Å². The summed E-state index contributed by atoms with van der Waals surface area (Å²) in [5.41, 5.74) is 2.47. The molecule has 0 unspecified atom stereocenters. The molecule has 0 radical (unpaired) electrons. The molecule has 4 aromatic rings. The minimum absolute atomic E-state index is 0.0567. The van der Waals surface area contributed by atoms with Gasteiger partial charge in [-0.1, -0.05) is 0 Å². The zero-order valence-corrected chi connectivity index (χ0v) is 16.3. The Morgan fingerprint density at radius 2 is 1.97 bits per heavy atom. The first-order valence-corrected chi connectivity index (χ1v) is 10.3. The van der Waals surface area contributed by atoms with E-state index in [0.29, 0.717) is 17.1 Å². The van der Waals surface area contributed by atoms with E-state index in [9.17, 15) is 13.2 Å². The number of amides is 1. The molecule has 4 rings (SSSR count). The van der Waals surface area contributed by atoms with Crippen LogP contribution in [0, 0.1) is 6.92 Å². The van der Waals surface area contributed by atoms with Gasteiger partial charge in [0, 0.05) is 18.1 Å². The third-order valence-electron chi connectivity index (χ3n) is 4.29. The second kappa shape index (κ2) is 7.53. The maximum Gasteiger partial charge on any atom is 0.275 e. The van der Waals surface area contributed by atoms with Gasteiger partial charge in [0.05, 0.1) is 17.7 Å². The smallest absolute Gasteiger partial charge is 0.275 e. The molecular weight excluding hydrogens is 392 g/mol. The van der Waals surface area contributed by atoms with Crippen molar-refractivity contribution in [3.8, 4) is 0 Å². The van der Waals surface area contributed by atoms with Gasteiger partial charge >= 0.3 is 0 Å². The average molecular weight is 410 g/mol. The molecule has 8 nitrogen and oxygen atoms in total. The van der Waals surface area contributed by atoms with Gasteiger partial charge in [-0.3, -0.25) is 4.79 Å². The number of rotatable bonds is 6. The standard InChI is InChI=1S/C20H18N4O4S/c1-14-8-9-24-13-18(23-19(24)11-14)20(25)22-15-4-6-17(7-5-15)29(26,27)21-12-16-3-2-10-28-16/h2-11,13,21H,12H2,1H3,(H,22,25). The van der Waals surface area contributed by atoms with E-state index in [2.05, 4.69) is 15.0 Å². The number of sulfonamides is 1. The first-order chi connectivity index (χ1) is 13.9. The van der Waals surface area contributed by atoms with Gasteiger partial charge < -0.3 is 14.1 Å². The SMILES string of the molecule is Cc1ccn2cc(C(=O)Nc3ccc(S(=O)(=O)NCc4ccco4)cc3)nc2c1. The number of anilines is 1. The molecule has 0 aliphatic rings. The lowest BCUT2D eigenvalue weighted by atomic mass is 10.3. The molecule has 0 aliphatic heterocycles. The van der Waals surface area contributed by atoms with Crippen molar-refractivity contribution in [3.63, 3.8) is 0 Å². The summed E-state index contributed by atoms with van der Waals surface area (Å²) in [7, 11) is -3.69. The highest BCUT2D eigenvalue weighted by Gasteiger charge is 2.15. The molecule has 148 valence electrons. The van der Waals surface area contributed by atoms with Gasteiger partial charge in [0.25, 0.3) is 5.91 Å². The molecule has 0 saturated heterocycles. The molecule has 29 heavy (non-hydrogen) atoms. The Balaban J connectivity index is 1.44. The van der Waals surface area contributed by atoms with Crippen LogP contribution in [0.5, 0.6) is 0 Å². The van der Waals surface area contributed by atoms with Crippen molar-refractivity contribution < 1.29 is 17.6 Å². The highest BCUT2D eigenvalue weighted by atomic mass is 32.2. The van der Waals surface area contributed by atoms with Crippen molar-refractivity contribution in [2.75, 3.05) is 5.32 Å². The summed E-state index contributed by atoms with van der Waals surface area (Å²) in [6, 6.07) is 13.1. The van der Waals surface area contributed by atoms with Crippen molar-refractivity contribution in [1.29, 1.82) is 0 Å². The van der Waals surface area contributed by atoms with Crippen LogP contribution in [0.25, 0.3) is 5.65 Å². The number of nitrogens with zero attached hydrogens (tertiary/aromatic N) is 2. The molecule has 0 aliphatic carbocycles. The number of pyridine rings is 1. The molecule has 0 spiro atoms. The molecular formula is C20H18N4O4S. The minimum atomic E-state index is -3.69. The van der Waals surface area contributed by atoms with Gasteiger partial charge in [0.1, 0.15) is 17.1 Å². The van der Waals surface area contributed by atoms with Crippen LogP contribution >= 0.6 is 0 Å². The number of aromatic nitrogens is 2. The maximum absolute atomic E-state index is 12.5. The molecule has 9 heteroatoms. The number of nitrogens with one attached hydrogen (secondary N) is 2. The number of furan rings is 1. The van der Waals surface area contributed by atoms with E-state index in [4.69, 9.17) is 4.42 Å². The van der Waals surface area contributed by atoms with Crippen LogP contribution in [-0.4, -0.2) is 23.7 Å². The molecule has 0 atom stereocenters. The summed E-state index contributed by atoms with van der Waals surface area (Å²) < 4.78 is 34.1. The predicted octanol–water partition coefficient (Wildman–Crippen LogP) is 2.97. The number of aryl methyl sites for hydroxylation is 1. The number of fused-ring (bicyclic) bond motifs is 1. The summed E-state index contributed by atoms with van der Waals surface area (Å²) in [5, 5.41) is 2.72. The lowest BCUT2D eigenvalue weighted by Gasteiger charge is -2.07. The summed E-state index contributed by atoms with van der Waals surface area (Å²) in [6.07, 6.45) is 4.96. The minimum Gasteiger partial charge on any atom is -0.468 e. The molecule has 0 saturated carbocycles. The Bertz CT molecular complexity index is 1260. The fourth-order valence-electron chi connectivity index (χ4n) is 2.77. The lowest BCUT2D eigenvalue weighted by molar-refractivity contribution is 0.102. The number of carbonyl (C=O) groups is 1. The van der Waals surface area contributed by atoms with Crippen LogP contribution in [0.15, 0.2) is 76.5 Å². The molecule has 0 bridgehead atoms. The molecule has 0 fully saturated rings. The zero-order chi connectivity index (χ0) is 20.4. The van der Waals surface area contributed by atoms with Crippen molar-refractivity contribution in [3.05, 3.63) is 84.2 Å². The van der Waals surface area contributed by atoms with E-state index in [1.54, 1.807) is 22.7 Å². The Morgan fingerprint density at radius 1 is 1.17 bits per heavy atom. The monoisotopic (exact) mass is 410 g/mol. The van der Waals surface area contributed by atoms with E-state index >= 15 is 0 Å². The Morgan fingerprint density at radius 3 is 2.69 bits per heavy atom.